The van der Waals surface area contributed by atoms with E-state index in [1.165, 1.54) is 30.2 Å². The van der Waals surface area contributed by atoms with Gasteiger partial charge in [0.2, 0.25) is 5.91 Å². The van der Waals surface area contributed by atoms with Crippen LogP contribution in [0.25, 0.3) is 10.9 Å². The summed E-state index contributed by atoms with van der Waals surface area (Å²) in [5, 5.41) is 1.74. The van der Waals surface area contributed by atoms with Crippen molar-refractivity contribution in [2.24, 2.45) is 0 Å². The van der Waals surface area contributed by atoms with Crippen molar-refractivity contribution < 1.29 is 9.18 Å². The Balaban J connectivity index is 1.68. The lowest BCUT2D eigenvalue weighted by atomic mass is 10.1. The van der Waals surface area contributed by atoms with Crippen molar-refractivity contribution in [3.05, 3.63) is 66.2 Å². The molecule has 1 heterocycles. The molecule has 1 unspecified atom stereocenters. The third kappa shape index (κ3) is 3.96. The molecule has 0 spiro atoms. The highest BCUT2D eigenvalue weighted by atomic mass is 32.2. The average Bonchev–Trinajstić information content (AvgIpc) is 2.65. The molecule has 25 heavy (non-hydrogen) atoms. The van der Waals surface area contributed by atoms with E-state index < -0.39 is 0 Å². The lowest BCUT2D eigenvalue weighted by Crippen LogP contribution is -2.31. The number of amides is 1. The van der Waals surface area contributed by atoms with Gasteiger partial charge in [0.1, 0.15) is 17.2 Å². The van der Waals surface area contributed by atoms with E-state index >= 15 is 0 Å². The number of carbonyl (C=O) groups excluding carboxylic acids is 1. The standard InChI is InChI=1S/C19H18FN3OS/c1-13(14-7-9-15(20)10-8-14)23(2)18(24)11-25-19-16-5-3-4-6-17(16)21-12-22-19/h3-10,12-13H,11H2,1-2H3. The van der Waals surface area contributed by atoms with Crippen LogP contribution in [-0.2, 0) is 4.79 Å². The fraction of sp³-hybridized carbons (Fsp3) is 0.211. The van der Waals surface area contributed by atoms with Crippen molar-refractivity contribution in [3.63, 3.8) is 0 Å². The second-order valence-electron chi connectivity index (χ2n) is 5.72. The van der Waals surface area contributed by atoms with Crippen molar-refractivity contribution in [2.75, 3.05) is 12.8 Å². The largest absolute Gasteiger partial charge is 0.338 e. The first kappa shape index (κ1) is 17.4. The van der Waals surface area contributed by atoms with E-state index in [0.717, 1.165) is 21.5 Å². The molecular formula is C19H18FN3OS. The molecule has 0 bridgehead atoms. The minimum atomic E-state index is -0.281. The first-order valence-electron chi connectivity index (χ1n) is 7.90. The zero-order chi connectivity index (χ0) is 17.8. The zero-order valence-corrected chi connectivity index (χ0v) is 14.8. The number of fused-ring (bicyclic) bond motifs is 1. The Morgan fingerprint density at radius 1 is 1.16 bits per heavy atom. The van der Waals surface area contributed by atoms with Crippen molar-refractivity contribution in [3.8, 4) is 0 Å². The number of hydrogen-bond donors (Lipinski definition) is 0. The van der Waals surface area contributed by atoms with Gasteiger partial charge in [0, 0.05) is 12.4 Å². The van der Waals surface area contributed by atoms with Gasteiger partial charge >= 0.3 is 0 Å². The maximum absolute atomic E-state index is 13.0. The van der Waals surface area contributed by atoms with Gasteiger partial charge in [-0.05, 0) is 30.7 Å². The maximum Gasteiger partial charge on any atom is 0.233 e. The summed E-state index contributed by atoms with van der Waals surface area (Å²) in [6.07, 6.45) is 1.51. The molecule has 0 N–H and O–H groups in total. The topological polar surface area (TPSA) is 46.1 Å². The summed E-state index contributed by atoms with van der Waals surface area (Å²) in [6, 6.07) is 13.8. The van der Waals surface area contributed by atoms with E-state index in [0.29, 0.717) is 0 Å². The zero-order valence-electron chi connectivity index (χ0n) is 14.0. The minimum Gasteiger partial charge on any atom is -0.338 e. The molecule has 4 nitrogen and oxygen atoms in total. The van der Waals surface area contributed by atoms with E-state index in [4.69, 9.17) is 0 Å². The van der Waals surface area contributed by atoms with E-state index in [1.54, 1.807) is 24.1 Å². The molecule has 0 aliphatic rings. The van der Waals surface area contributed by atoms with Gasteiger partial charge in [-0.25, -0.2) is 14.4 Å². The quantitative estimate of drug-likeness (QED) is 0.511. The summed E-state index contributed by atoms with van der Waals surface area (Å²) in [6.45, 7) is 1.93. The third-order valence-corrected chi connectivity index (χ3v) is 5.16. The number of halogens is 1. The molecule has 0 aliphatic heterocycles. The molecule has 0 saturated heterocycles. The Kier molecular flexibility index (Phi) is 5.28. The number of para-hydroxylation sites is 1. The molecular weight excluding hydrogens is 337 g/mol. The van der Waals surface area contributed by atoms with Crippen LogP contribution in [0.4, 0.5) is 4.39 Å². The number of rotatable bonds is 5. The Bertz CT molecular complexity index is 880. The van der Waals surface area contributed by atoms with Crippen LogP contribution in [-0.4, -0.2) is 33.6 Å². The number of benzene rings is 2. The van der Waals surface area contributed by atoms with Crippen molar-refractivity contribution in [1.29, 1.82) is 0 Å². The molecule has 0 aliphatic carbocycles. The van der Waals surface area contributed by atoms with Gasteiger partial charge in [-0.2, -0.15) is 0 Å². The molecule has 1 amide bonds. The lowest BCUT2D eigenvalue weighted by molar-refractivity contribution is -0.128. The Morgan fingerprint density at radius 3 is 2.64 bits per heavy atom. The Morgan fingerprint density at radius 2 is 1.88 bits per heavy atom. The number of thioether (sulfide) groups is 1. The molecule has 128 valence electrons. The van der Waals surface area contributed by atoms with Crippen LogP contribution in [0.3, 0.4) is 0 Å². The summed E-state index contributed by atoms with van der Waals surface area (Å²) >= 11 is 1.40. The Labute approximate surface area is 150 Å². The lowest BCUT2D eigenvalue weighted by Gasteiger charge is -2.25. The van der Waals surface area contributed by atoms with Crippen LogP contribution in [0.5, 0.6) is 0 Å². The summed E-state index contributed by atoms with van der Waals surface area (Å²) in [7, 11) is 1.76. The van der Waals surface area contributed by atoms with Gasteiger partial charge in [-0.1, -0.05) is 42.1 Å². The van der Waals surface area contributed by atoms with E-state index in [1.807, 2.05) is 31.2 Å². The molecule has 0 saturated carbocycles. The second kappa shape index (κ2) is 7.61. The molecule has 1 aromatic heterocycles. The molecule has 1 atom stereocenters. The normalized spacial score (nSPS) is 12.1. The smallest absolute Gasteiger partial charge is 0.233 e. The van der Waals surface area contributed by atoms with Crippen LogP contribution in [0.15, 0.2) is 59.9 Å². The summed E-state index contributed by atoms with van der Waals surface area (Å²) in [5.41, 5.74) is 1.76. The molecule has 0 radical (unpaired) electrons. The van der Waals surface area contributed by atoms with E-state index in [2.05, 4.69) is 9.97 Å². The van der Waals surface area contributed by atoms with Gasteiger partial charge in [-0.15, -0.1) is 0 Å². The molecule has 6 heteroatoms. The second-order valence-corrected chi connectivity index (χ2v) is 6.68. The van der Waals surface area contributed by atoms with Crippen LogP contribution in [0, 0.1) is 5.82 Å². The number of carbonyl (C=O) groups is 1. The van der Waals surface area contributed by atoms with E-state index in [9.17, 15) is 9.18 Å². The minimum absolute atomic E-state index is 0.00971. The van der Waals surface area contributed by atoms with Crippen molar-refractivity contribution in [2.45, 2.75) is 18.0 Å². The van der Waals surface area contributed by atoms with Crippen LogP contribution >= 0.6 is 11.8 Å². The highest BCUT2D eigenvalue weighted by Crippen LogP contribution is 2.26. The molecule has 3 aromatic rings. The van der Waals surface area contributed by atoms with Gasteiger partial charge in [-0.3, -0.25) is 4.79 Å². The van der Waals surface area contributed by atoms with Gasteiger partial charge in [0.25, 0.3) is 0 Å². The molecule has 2 aromatic carbocycles. The first-order chi connectivity index (χ1) is 12.1. The highest BCUT2D eigenvalue weighted by Gasteiger charge is 2.18. The third-order valence-electron chi connectivity index (χ3n) is 4.17. The molecule has 3 rings (SSSR count). The summed E-state index contributed by atoms with van der Waals surface area (Å²) in [4.78, 5) is 22.7. The fourth-order valence-corrected chi connectivity index (χ4v) is 3.42. The number of aromatic nitrogens is 2. The van der Waals surface area contributed by atoms with Gasteiger partial charge in [0.15, 0.2) is 0 Å². The average molecular weight is 355 g/mol. The maximum atomic E-state index is 13.0. The van der Waals surface area contributed by atoms with Crippen molar-refractivity contribution in [1.82, 2.24) is 14.9 Å². The number of hydrogen-bond acceptors (Lipinski definition) is 4. The van der Waals surface area contributed by atoms with Crippen LogP contribution in [0.2, 0.25) is 0 Å². The highest BCUT2D eigenvalue weighted by molar-refractivity contribution is 8.00. The van der Waals surface area contributed by atoms with E-state index in [-0.39, 0.29) is 23.5 Å². The van der Waals surface area contributed by atoms with Gasteiger partial charge < -0.3 is 4.90 Å². The SMILES string of the molecule is CC(c1ccc(F)cc1)N(C)C(=O)CSc1ncnc2ccccc12. The number of nitrogens with zero attached hydrogens (tertiary/aromatic N) is 3. The van der Waals surface area contributed by atoms with Gasteiger partial charge in [0.05, 0.1) is 17.3 Å². The first-order valence-corrected chi connectivity index (χ1v) is 8.88. The molecule has 0 fully saturated rings. The fourth-order valence-electron chi connectivity index (χ4n) is 2.51. The van der Waals surface area contributed by atoms with Crippen LogP contribution in [0.1, 0.15) is 18.5 Å². The van der Waals surface area contributed by atoms with Crippen LogP contribution < -0.4 is 0 Å². The predicted molar refractivity (Wildman–Crippen MR) is 97.8 cm³/mol. The van der Waals surface area contributed by atoms with Crippen molar-refractivity contribution >= 4 is 28.6 Å². The summed E-state index contributed by atoms with van der Waals surface area (Å²) in [5.74, 6) is -0.0103. The summed E-state index contributed by atoms with van der Waals surface area (Å²) < 4.78 is 13.0. The predicted octanol–water partition coefficient (Wildman–Crippen LogP) is 4.08. The Hall–Kier alpha value is -2.47. The monoisotopic (exact) mass is 355 g/mol.